The number of halogens is 1. The van der Waals surface area contributed by atoms with Gasteiger partial charge in [-0.3, -0.25) is 0 Å². The van der Waals surface area contributed by atoms with Crippen LogP contribution in [0.4, 0.5) is 4.39 Å². The fraction of sp³-hybridized carbons (Fsp3) is 0.316. The van der Waals surface area contributed by atoms with Gasteiger partial charge >= 0.3 is 0 Å². The Hall–Kier alpha value is -1.89. The van der Waals surface area contributed by atoms with E-state index in [1.807, 2.05) is 24.3 Å². The lowest BCUT2D eigenvalue weighted by atomic mass is 9.92. The first-order chi connectivity index (χ1) is 12.2. The number of nitrogens with two attached hydrogens (primary N) is 1. The third-order valence-corrected chi connectivity index (χ3v) is 5.30. The van der Waals surface area contributed by atoms with E-state index in [9.17, 15) is 4.39 Å². The van der Waals surface area contributed by atoms with E-state index in [1.165, 1.54) is 11.8 Å². The average molecular weight is 360 g/mol. The number of rotatable bonds is 5. The van der Waals surface area contributed by atoms with Crippen molar-refractivity contribution in [3.8, 4) is 0 Å². The van der Waals surface area contributed by atoms with Crippen LogP contribution in [0.2, 0.25) is 0 Å². The molecule has 1 heterocycles. The summed E-state index contributed by atoms with van der Waals surface area (Å²) in [5.41, 5.74) is 7.79. The molecule has 2 aromatic carbocycles. The van der Waals surface area contributed by atoms with Crippen LogP contribution in [-0.4, -0.2) is 30.7 Å². The largest absolute Gasteiger partial charge is 0.411 e. The maximum atomic E-state index is 14.0. The average Bonchev–Trinajstić information content (AvgIpc) is 2.64. The summed E-state index contributed by atoms with van der Waals surface area (Å²) in [6, 6.07) is 12.8. The molecule has 1 aliphatic rings. The van der Waals surface area contributed by atoms with Crippen LogP contribution in [0.15, 0.2) is 57.4 Å². The van der Waals surface area contributed by atoms with Crippen LogP contribution in [0.1, 0.15) is 29.9 Å². The van der Waals surface area contributed by atoms with Crippen LogP contribution in [0.5, 0.6) is 0 Å². The lowest BCUT2D eigenvalue weighted by molar-refractivity contribution is 0.0852. The first-order valence-corrected chi connectivity index (χ1v) is 9.09. The van der Waals surface area contributed by atoms with Gasteiger partial charge in [-0.25, -0.2) is 4.39 Å². The normalized spacial score (nSPS) is 16.2. The standard InChI is InChI=1S/C19H21FN2O2S/c20-16-9-15(13-5-7-24-8-6-13)10-18(11-16)25-17-3-1-14(2-4-17)19(12-21)22-23/h1-4,9-11,13,23H,5-8,12,21H2/b22-19+. The van der Waals surface area contributed by atoms with Gasteiger partial charge in [0.1, 0.15) is 11.5 Å². The highest BCUT2D eigenvalue weighted by Crippen LogP contribution is 2.34. The number of oxime groups is 1. The molecule has 3 rings (SSSR count). The number of benzene rings is 2. The Morgan fingerprint density at radius 2 is 1.88 bits per heavy atom. The molecule has 0 unspecified atom stereocenters. The quantitative estimate of drug-likeness (QED) is 0.480. The van der Waals surface area contributed by atoms with Crippen molar-refractivity contribution in [2.45, 2.75) is 28.6 Å². The summed E-state index contributed by atoms with van der Waals surface area (Å²) >= 11 is 1.51. The molecule has 0 spiro atoms. The number of hydrogen-bond donors (Lipinski definition) is 2. The molecular formula is C19H21FN2O2S. The molecule has 6 heteroatoms. The minimum absolute atomic E-state index is 0.168. The molecule has 0 bridgehead atoms. The van der Waals surface area contributed by atoms with Gasteiger partial charge < -0.3 is 15.7 Å². The topological polar surface area (TPSA) is 67.8 Å². The summed E-state index contributed by atoms with van der Waals surface area (Å²) < 4.78 is 19.4. The fourth-order valence-electron chi connectivity index (χ4n) is 2.98. The van der Waals surface area contributed by atoms with Gasteiger partial charge in [-0.15, -0.1) is 0 Å². The molecule has 0 radical (unpaired) electrons. The third-order valence-electron chi connectivity index (χ3n) is 4.32. The molecule has 1 saturated heterocycles. The first-order valence-electron chi connectivity index (χ1n) is 8.27. The van der Waals surface area contributed by atoms with E-state index >= 15 is 0 Å². The minimum atomic E-state index is -0.207. The fourth-order valence-corrected chi connectivity index (χ4v) is 3.89. The van der Waals surface area contributed by atoms with Gasteiger partial charge in [0.15, 0.2) is 0 Å². The van der Waals surface area contributed by atoms with Crippen LogP contribution in [-0.2, 0) is 4.74 Å². The van der Waals surface area contributed by atoms with Crippen LogP contribution < -0.4 is 5.73 Å². The molecule has 4 nitrogen and oxygen atoms in total. The van der Waals surface area contributed by atoms with Crippen molar-refractivity contribution in [3.63, 3.8) is 0 Å². The maximum absolute atomic E-state index is 14.0. The highest BCUT2D eigenvalue weighted by molar-refractivity contribution is 7.99. The highest BCUT2D eigenvalue weighted by atomic mass is 32.2. The van der Waals surface area contributed by atoms with Gasteiger partial charge in [-0.1, -0.05) is 29.1 Å². The summed E-state index contributed by atoms with van der Waals surface area (Å²) in [5, 5.41) is 12.1. The second-order valence-corrected chi connectivity index (χ2v) is 7.13. The van der Waals surface area contributed by atoms with E-state index < -0.39 is 0 Å². The molecule has 0 aromatic heterocycles. The predicted molar refractivity (Wildman–Crippen MR) is 97.1 cm³/mol. The molecule has 3 N–H and O–H groups in total. The SMILES string of the molecule is NC/C(=N\O)c1ccc(Sc2cc(F)cc(C3CCOCC3)c2)cc1. The summed E-state index contributed by atoms with van der Waals surface area (Å²) in [6.45, 7) is 1.64. The van der Waals surface area contributed by atoms with Crippen molar-refractivity contribution in [3.05, 3.63) is 59.4 Å². The van der Waals surface area contributed by atoms with E-state index in [4.69, 9.17) is 15.7 Å². The minimum Gasteiger partial charge on any atom is -0.411 e. The van der Waals surface area contributed by atoms with E-state index in [0.717, 1.165) is 47.0 Å². The van der Waals surface area contributed by atoms with E-state index in [0.29, 0.717) is 11.6 Å². The zero-order valence-electron chi connectivity index (χ0n) is 13.8. The smallest absolute Gasteiger partial charge is 0.124 e. The van der Waals surface area contributed by atoms with E-state index in [-0.39, 0.29) is 12.4 Å². The summed E-state index contributed by atoms with van der Waals surface area (Å²) in [7, 11) is 0. The van der Waals surface area contributed by atoms with Crippen molar-refractivity contribution in [1.82, 2.24) is 0 Å². The second kappa shape index (κ2) is 8.47. The second-order valence-electron chi connectivity index (χ2n) is 5.98. The van der Waals surface area contributed by atoms with Gasteiger partial charge in [0, 0.05) is 35.1 Å². The Bertz CT molecular complexity index is 744. The number of ether oxygens (including phenoxy) is 1. The number of nitrogens with zero attached hydrogens (tertiary/aromatic N) is 1. The Morgan fingerprint density at radius 1 is 1.16 bits per heavy atom. The lowest BCUT2D eigenvalue weighted by Gasteiger charge is -2.22. The van der Waals surface area contributed by atoms with Crippen LogP contribution in [0, 0.1) is 5.82 Å². The molecule has 0 aliphatic carbocycles. The van der Waals surface area contributed by atoms with Gasteiger partial charge in [-0.05, 0) is 54.7 Å². The maximum Gasteiger partial charge on any atom is 0.124 e. The van der Waals surface area contributed by atoms with Crippen molar-refractivity contribution in [2.24, 2.45) is 10.9 Å². The lowest BCUT2D eigenvalue weighted by Crippen LogP contribution is -2.14. The Morgan fingerprint density at radius 3 is 2.52 bits per heavy atom. The van der Waals surface area contributed by atoms with Gasteiger partial charge in [0.05, 0.1) is 0 Å². The zero-order valence-corrected chi connectivity index (χ0v) is 14.6. The van der Waals surface area contributed by atoms with Crippen molar-refractivity contribution < 1.29 is 14.3 Å². The predicted octanol–water partition coefficient (Wildman–Crippen LogP) is 4.01. The molecule has 25 heavy (non-hydrogen) atoms. The summed E-state index contributed by atoms with van der Waals surface area (Å²) in [4.78, 5) is 1.87. The monoisotopic (exact) mass is 360 g/mol. The molecule has 0 atom stereocenters. The van der Waals surface area contributed by atoms with E-state index in [2.05, 4.69) is 11.2 Å². The summed E-state index contributed by atoms with van der Waals surface area (Å²) in [6.07, 6.45) is 1.87. The Labute approximate surface area is 150 Å². The third kappa shape index (κ3) is 4.60. The van der Waals surface area contributed by atoms with Crippen molar-refractivity contribution >= 4 is 17.5 Å². The van der Waals surface area contributed by atoms with Gasteiger partial charge in [-0.2, -0.15) is 0 Å². The molecule has 0 amide bonds. The van der Waals surface area contributed by atoms with Gasteiger partial charge in [0.25, 0.3) is 0 Å². The number of hydrogen-bond acceptors (Lipinski definition) is 5. The van der Waals surface area contributed by atoms with Crippen molar-refractivity contribution in [1.29, 1.82) is 0 Å². The Kier molecular flexibility index (Phi) is 6.07. The molecular weight excluding hydrogens is 339 g/mol. The molecule has 132 valence electrons. The molecule has 0 saturated carbocycles. The highest BCUT2D eigenvalue weighted by Gasteiger charge is 2.17. The zero-order chi connectivity index (χ0) is 17.6. The van der Waals surface area contributed by atoms with Gasteiger partial charge in [0.2, 0.25) is 0 Å². The van der Waals surface area contributed by atoms with E-state index in [1.54, 1.807) is 12.1 Å². The van der Waals surface area contributed by atoms with Crippen molar-refractivity contribution in [2.75, 3.05) is 19.8 Å². The Balaban J connectivity index is 1.77. The summed E-state index contributed by atoms with van der Waals surface area (Å²) in [5.74, 6) is 0.153. The first kappa shape index (κ1) is 17.9. The van der Waals surface area contributed by atoms with Crippen LogP contribution >= 0.6 is 11.8 Å². The van der Waals surface area contributed by atoms with Crippen LogP contribution in [0.25, 0.3) is 0 Å². The van der Waals surface area contributed by atoms with Crippen LogP contribution in [0.3, 0.4) is 0 Å². The molecule has 1 fully saturated rings. The molecule has 1 aliphatic heterocycles. The molecule has 2 aromatic rings.